The summed E-state index contributed by atoms with van der Waals surface area (Å²) in [6.07, 6.45) is 2.33. The lowest BCUT2D eigenvalue weighted by molar-refractivity contribution is 0.0228. The Morgan fingerprint density at radius 3 is 2.27 bits per heavy atom. The zero-order chi connectivity index (χ0) is 31.9. The molecule has 12 heteroatoms. The number of hydrogen-bond donors (Lipinski definition) is 1. The molecule has 0 aliphatic rings. The van der Waals surface area contributed by atoms with Gasteiger partial charge < -0.3 is 19.3 Å². The van der Waals surface area contributed by atoms with E-state index in [1.54, 1.807) is 20.7 Å². The number of fused-ring (bicyclic) bond motifs is 2. The number of ether oxygens (including phenoxy) is 3. The van der Waals surface area contributed by atoms with Gasteiger partial charge in [0, 0.05) is 48.1 Å². The van der Waals surface area contributed by atoms with Gasteiger partial charge in [0.1, 0.15) is 23.7 Å². The fourth-order valence-corrected chi connectivity index (χ4v) is 7.35. The average molecular weight is 658 g/mol. The Labute approximate surface area is 265 Å². The fraction of sp³-hybridized carbons (Fsp3) is 0.531. The summed E-state index contributed by atoms with van der Waals surface area (Å²) in [5.74, 6) is 0.523. The van der Waals surface area contributed by atoms with E-state index in [9.17, 15) is 9.59 Å². The van der Waals surface area contributed by atoms with Crippen LogP contribution in [0.25, 0.3) is 32.4 Å². The zero-order valence-corrected chi connectivity index (χ0v) is 29.8. The van der Waals surface area contributed by atoms with Gasteiger partial charge in [-0.15, -0.1) is 0 Å². The maximum absolute atomic E-state index is 14.1. The second-order valence-corrected chi connectivity index (χ2v) is 25.9. The third-order valence-corrected chi connectivity index (χ3v) is 12.0. The molecule has 4 aromatic rings. The Bertz CT molecular complexity index is 1670. The second-order valence-electron chi connectivity index (χ2n) is 13.6. The summed E-state index contributed by atoms with van der Waals surface area (Å²) in [5.41, 5.74) is 1.66. The van der Waals surface area contributed by atoms with Crippen molar-refractivity contribution in [1.82, 2.24) is 13.5 Å². The molecular weight excluding hydrogens is 611 g/mol. The molecule has 0 radical (unpaired) electrons. The summed E-state index contributed by atoms with van der Waals surface area (Å²) in [5, 5.41) is 9.68. The number of aliphatic hydroxyl groups excluding tert-OH is 1. The summed E-state index contributed by atoms with van der Waals surface area (Å²) >= 11 is 1.35. The van der Waals surface area contributed by atoms with Gasteiger partial charge in [0.25, 0.3) is 11.1 Å². The highest BCUT2D eigenvalue weighted by Crippen LogP contribution is 2.31. The van der Waals surface area contributed by atoms with Crippen molar-refractivity contribution < 1.29 is 19.3 Å². The molecule has 1 N–H and O–H groups in total. The van der Waals surface area contributed by atoms with E-state index in [0.29, 0.717) is 53.9 Å². The minimum atomic E-state index is -1.32. The van der Waals surface area contributed by atoms with Gasteiger partial charge in [-0.1, -0.05) is 69.0 Å². The first-order valence-corrected chi connectivity index (χ1v) is 23.6. The molecule has 2 aromatic heterocycles. The summed E-state index contributed by atoms with van der Waals surface area (Å²) < 4.78 is 22.0. The maximum Gasteiger partial charge on any atom is 0.279 e. The number of nitrogens with zero attached hydrogens (tertiary/aromatic N) is 3. The monoisotopic (exact) mass is 657 g/mol. The van der Waals surface area contributed by atoms with Crippen LogP contribution in [0.4, 0.5) is 0 Å². The lowest BCUT2D eigenvalue weighted by atomic mass is 10.1. The summed E-state index contributed by atoms with van der Waals surface area (Å²) in [7, 11) is -2.55. The van der Waals surface area contributed by atoms with Gasteiger partial charge in [-0.05, 0) is 49.5 Å². The Kier molecular flexibility index (Phi) is 11.8. The van der Waals surface area contributed by atoms with E-state index in [1.807, 2.05) is 24.3 Å². The smallest absolute Gasteiger partial charge is 0.279 e. The van der Waals surface area contributed by atoms with Crippen LogP contribution in [0.2, 0.25) is 51.4 Å². The largest absolute Gasteiger partial charge is 0.465 e. The van der Waals surface area contributed by atoms with Gasteiger partial charge in [-0.3, -0.25) is 18.1 Å². The second kappa shape index (κ2) is 15.1. The molecule has 9 nitrogen and oxygen atoms in total. The third kappa shape index (κ3) is 8.98. The first-order chi connectivity index (χ1) is 20.9. The van der Waals surface area contributed by atoms with Crippen molar-refractivity contribution in [3.63, 3.8) is 0 Å². The van der Waals surface area contributed by atoms with Crippen LogP contribution in [0.3, 0.4) is 0 Å². The molecule has 240 valence electrons. The van der Waals surface area contributed by atoms with Crippen LogP contribution < -0.4 is 15.9 Å². The zero-order valence-electron chi connectivity index (χ0n) is 27.0. The molecule has 0 spiro atoms. The molecule has 0 aliphatic heterocycles. The SMILES string of the molecule is C[Si](C)(C)CCOCOc1cccc2c1nc(-c1cccc3c(=O)n(CCCCCO)sc13)c(=O)n2COCC[Si](C)(C)C. The quantitative estimate of drug-likeness (QED) is 0.0775. The first kappa shape index (κ1) is 34.3. The number of rotatable bonds is 17. The van der Waals surface area contributed by atoms with Crippen molar-refractivity contribution >= 4 is 48.8 Å². The van der Waals surface area contributed by atoms with E-state index in [4.69, 9.17) is 24.3 Å². The van der Waals surface area contributed by atoms with Crippen molar-refractivity contribution in [3.05, 3.63) is 57.1 Å². The van der Waals surface area contributed by atoms with Gasteiger partial charge in [0.05, 0.1) is 15.6 Å². The average Bonchev–Trinajstić information content (AvgIpc) is 3.28. The van der Waals surface area contributed by atoms with Crippen LogP contribution in [0.15, 0.2) is 46.0 Å². The number of hydrogen-bond acceptors (Lipinski definition) is 8. The van der Waals surface area contributed by atoms with Crippen molar-refractivity contribution in [2.45, 2.75) is 83.9 Å². The number of aromatic nitrogens is 3. The van der Waals surface area contributed by atoms with Gasteiger partial charge in [0.2, 0.25) is 0 Å². The van der Waals surface area contributed by atoms with E-state index in [1.165, 1.54) is 11.5 Å². The highest BCUT2D eigenvalue weighted by atomic mass is 32.1. The van der Waals surface area contributed by atoms with Crippen LogP contribution in [0.1, 0.15) is 19.3 Å². The Morgan fingerprint density at radius 2 is 1.57 bits per heavy atom. The summed E-state index contributed by atoms with van der Waals surface area (Å²) in [4.78, 5) is 32.3. The Hall–Kier alpha value is -2.62. The van der Waals surface area contributed by atoms with Crippen LogP contribution in [-0.2, 0) is 22.7 Å². The Morgan fingerprint density at radius 1 is 0.864 bits per heavy atom. The maximum atomic E-state index is 14.1. The third-order valence-electron chi connectivity index (χ3n) is 7.40. The van der Waals surface area contributed by atoms with Crippen molar-refractivity contribution in [1.29, 1.82) is 0 Å². The van der Waals surface area contributed by atoms with Crippen LogP contribution in [0, 0.1) is 0 Å². The molecule has 0 saturated carbocycles. The molecule has 0 atom stereocenters. The van der Waals surface area contributed by atoms with E-state index >= 15 is 0 Å². The predicted octanol–water partition coefficient (Wildman–Crippen LogP) is 6.61. The number of aryl methyl sites for hydroxylation is 1. The van der Waals surface area contributed by atoms with E-state index in [0.717, 1.165) is 29.6 Å². The molecule has 0 bridgehead atoms. The fourth-order valence-electron chi connectivity index (χ4n) is 4.70. The molecule has 2 heterocycles. The highest BCUT2D eigenvalue weighted by Gasteiger charge is 2.21. The molecule has 0 unspecified atom stereocenters. The lowest BCUT2D eigenvalue weighted by Crippen LogP contribution is -2.27. The number of unbranched alkanes of at least 4 members (excludes halogenated alkanes) is 2. The minimum absolute atomic E-state index is 0.0777. The van der Waals surface area contributed by atoms with Crippen LogP contribution >= 0.6 is 11.5 Å². The van der Waals surface area contributed by atoms with Crippen LogP contribution in [0.5, 0.6) is 5.75 Å². The Balaban J connectivity index is 1.75. The van der Waals surface area contributed by atoms with Crippen LogP contribution in [-0.4, -0.2) is 61.4 Å². The number of benzene rings is 2. The summed E-state index contributed by atoms with van der Waals surface area (Å²) in [6, 6.07) is 13.0. The van der Waals surface area contributed by atoms with E-state index < -0.39 is 16.1 Å². The van der Waals surface area contributed by atoms with Gasteiger partial charge in [-0.2, -0.15) is 0 Å². The molecule has 0 aliphatic carbocycles. The van der Waals surface area contributed by atoms with Crippen molar-refractivity contribution in [3.8, 4) is 17.0 Å². The number of para-hydroxylation sites is 1. The normalized spacial score (nSPS) is 12.4. The predicted molar refractivity (Wildman–Crippen MR) is 186 cm³/mol. The molecule has 4 rings (SSSR count). The molecular formula is C32H47N3O6SSi2. The standard InChI is InChI=1S/C32H47N3O6SSi2/c1-43(2,3)20-18-39-22-34-26-14-11-15-27(41-23-40-19-21-44(4,5)6)29(26)33-28(32(34)38)24-12-10-13-25-30(24)42-35(31(25)37)16-8-7-9-17-36/h10-15,36H,7-9,16-23H2,1-6H3. The molecule has 0 saturated heterocycles. The topological polar surface area (TPSA) is 105 Å². The van der Waals surface area contributed by atoms with Gasteiger partial charge in [0.15, 0.2) is 6.79 Å². The first-order valence-electron chi connectivity index (χ1n) is 15.5. The lowest BCUT2D eigenvalue weighted by Gasteiger charge is -2.18. The number of aliphatic hydroxyl groups is 1. The molecule has 2 aromatic carbocycles. The summed E-state index contributed by atoms with van der Waals surface area (Å²) in [6.45, 7) is 15.9. The van der Waals surface area contributed by atoms with E-state index in [-0.39, 0.29) is 36.9 Å². The minimum Gasteiger partial charge on any atom is -0.465 e. The highest BCUT2D eigenvalue weighted by molar-refractivity contribution is 7.14. The molecule has 0 amide bonds. The van der Waals surface area contributed by atoms with E-state index in [2.05, 4.69) is 39.3 Å². The van der Waals surface area contributed by atoms with Crippen molar-refractivity contribution in [2.24, 2.45) is 0 Å². The van der Waals surface area contributed by atoms with Crippen molar-refractivity contribution in [2.75, 3.05) is 26.6 Å². The van der Waals surface area contributed by atoms with Gasteiger partial charge in [-0.25, -0.2) is 4.98 Å². The molecule has 0 fully saturated rings. The molecule has 44 heavy (non-hydrogen) atoms. The van der Waals surface area contributed by atoms with Gasteiger partial charge >= 0.3 is 0 Å².